The Bertz CT molecular complexity index is 1070. The molecule has 0 spiro atoms. The molecule has 0 bridgehead atoms. The predicted molar refractivity (Wildman–Crippen MR) is 113 cm³/mol. The number of nitrogens with zero attached hydrogens (tertiary/aromatic N) is 2. The van der Waals surface area contributed by atoms with E-state index in [2.05, 4.69) is 17.2 Å². The average molecular weight is 416 g/mol. The SMILES string of the molecule is C[C@@H]1CCc2c(sc3ncn(CC(=O)NCCc4ccc(Cl)cc4)c(=O)c23)C1. The molecule has 0 saturated heterocycles. The van der Waals surface area contributed by atoms with E-state index in [1.165, 1.54) is 15.8 Å². The van der Waals surface area contributed by atoms with Gasteiger partial charge in [0.15, 0.2) is 0 Å². The maximum atomic E-state index is 12.9. The lowest BCUT2D eigenvalue weighted by molar-refractivity contribution is -0.121. The number of carbonyl (C=O) groups is 1. The molecule has 0 fully saturated rings. The average Bonchev–Trinajstić information content (AvgIpc) is 3.04. The van der Waals surface area contributed by atoms with Gasteiger partial charge in [0.2, 0.25) is 5.91 Å². The summed E-state index contributed by atoms with van der Waals surface area (Å²) in [6.07, 6.45) is 5.24. The number of nitrogens with one attached hydrogen (secondary N) is 1. The van der Waals surface area contributed by atoms with Crippen LogP contribution in [0.5, 0.6) is 0 Å². The van der Waals surface area contributed by atoms with Crippen LogP contribution < -0.4 is 10.9 Å². The first-order chi connectivity index (χ1) is 13.5. The van der Waals surface area contributed by atoms with E-state index >= 15 is 0 Å². The number of rotatable bonds is 5. The van der Waals surface area contributed by atoms with Gasteiger partial charge in [-0.2, -0.15) is 0 Å². The molecule has 0 aliphatic heterocycles. The number of amides is 1. The van der Waals surface area contributed by atoms with E-state index in [-0.39, 0.29) is 18.0 Å². The fourth-order valence-corrected chi connectivity index (χ4v) is 5.15. The first kappa shape index (κ1) is 19.2. The lowest BCUT2D eigenvalue weighted by Crippen LogP contribution is -2.33. The maximum Gasteiger partial charge on any atom is 0.262 e. The molecule has 1 aliphatic rings. The van der Waals surface area contributed by atoms with Crippen LogP contribution in [-0.2, 0) is 30.6 Å². The highest BCUT2D eigenvalue weighted by Gasteiger charge is 2.23. The molecule has 2 heterocycles. The number of benzene rings is 1. The second-order valence-electron chi connectivity index (χ2n) is 7.44. The largest absolute Gasteiger partial charge is 0.354 e. The Kier molecular flexibility index (Phi) is 5.51. The van der Waals surface area contributed by atoms with Crippen molar-refractivity contribution in [1.82, 2.24) is 14.9 Å². The maximum absolute atomic E-state index is 12.9. The third-order valence-electron chi connectivity index (χ3n) is 5.25. The minimum Gasteiger partial charge on any atom is -0.354 e. The molecule has 0 saturated carbocycles. The predicted octanol–water partition coefficient (Wildman–Crippen LogP) is 3.60. The Morgan fingerprint density at radius 2 is 2.14 bits per heavy atom. The van der Waals surface area contributed by atoms with E-state index in [4.69, 9.17) is 11.6 Å². The third-order valence-corrected chi connectivity index (χ3v) is 6.66. The Hall–Kier alpha value is -2.18. The topological polar surface area (TPSA) is 64.0 Å². The summed E-state index contributed by atoms with van der Waals surface area (Å²) < 4.78 is 1.42. The van der Waals surface area contributed by atoms with E-state index in [9.17, 15) is 9.59 Å². The summed E-state index contributed by atoms with van der Waals surface area (Å²) in [6.45, 7) is 2.74. The van der Waals surface area contributed by atoms with Gasteiger partial charge in [0, 0.05) is 16.4 Å². The highest BCUT2D eigenvalue weighted by molar-refractivity contribution is 7.18. The molecule has 0 radical (unpaired) electrons. The van der Waals surface area contributed by atoms with Crippen molar-refractivity contribution in [3.05, 3.63) is 62.0 Å². The molecule has 5 nitrogen and oxygen atoms in total. The molecule has 1 N–H and O–H groups in total. The zero-order valence-electron chi connectivity index (χ0n) is 15.7. The minimum absolute atomic E-state index is 0.0105. The normalized spacial score (nSPS) is 16.1. The van der Waals surface area contributed by atoms with Crippen LogP contribution in [0.4, 0.5) is 0 Å². The van der Waals surface area contributed by atoms with Crippen LogP contribution >= 0.6 is 22.9 Å². The van der Waals surface area contributed by atoms with Crippen LogP contribution in [0.25, 0.3) is 10.2 Å². The summed E-state index contributed by atoms with van der Waals surface area (Å²) in [5, 5.41) is 4.28. The quantitative estimate of drug-likeness (QED) is 0.692. The first-order valence-corrected chi connectivity index (χ1v) is 10.7. The number of thiophene rings is 1. The van der Waals surface area contributed by atoms with Gasteiger partial charge in [0.25, 0.3) is 5.56 Å². The van der Waals surface area contributed by atoms with E-state index in [1.807, 2.05) is 24.3 Å². The van der Waals surface area contributed by atoms with Crippen LogP contribution in [0.1, 0.15) is 29.3 Å². The van der Waals surface area contributed by atoms with Gasteiger partial charge in [0.1, 0.15) is 11.4 Å². The van der Waals surface area contributed by atoms with Crippen LogP contribution in [-0.4, -0.2) is 22.0 Å². The number of aryl methyl sites for hydroxylation is 1. The second-order valence-corrected chi connectivity index (χ2v) is 8.96. The number of hydrogen-bond acceptors (Lipinski definition) is 4. The highest BCUT2D eigenvalue weighted by Crippen LogP contribution is 2.35. The first-order valence-electron chi connectivity index (χ1n) is 9.52. The molecule has 0 unspecified atom stereocenters. The van der Waals surface area contributed by atoms with Crippen LogP contribution in [0.3, 0.4) is 0 Å². The molecule has 4 rings (SSSR count). The molecule has 1 aromatic carbocycles. The zero-order chi connectivity index (χ0) is 19.7. The number of aromatic nitrogens is 2. The highest BCUT2D eigenvalue weighted by atomic mass is 35.5. The smallest absolute Gasteiger partial charge is 0.262 e. The Morgan fingerprint density at radius 1 is 1.36 bits per heavy atom. The van der Waals surface area contributed by atoms with Crippen molar-refractivity contribution in [1.29, 1.82) is 0 Å². The van der Waals surface area contributed by atoms with Crippen LogP contribution in [0.2, 0.25) is 5.02 Å². The molecule has 28 heavy (non-hydrogen) atoms. The van der Waals surface area contributed by atoms with Crippen molar-refractivity contribution < 1.29 is 4.79 Å². The summed E-state index contributed by atoms with van der Waals surface area (Å²) in [7, 11) is 0. The van der Waals surface area contributed by atoms with Gasteiger partial charge in [-0.15, -0.1) is 11.3 Å². The van der Waals surface area contributed by atoms with Gasteiger partial charge in [-0.25, -0.2) is 4.98 Å². The number of halogens is 1. The van der Waals surface area contributed by atoms with Crippen molar-refractivity contribution in [2.24, 2.45) is 5.92 Å². The van der Waals surface area contributed by atoms with E-state index in [0.29, 0.717) is 29.3 Å². The lowest BCUT2D eigenvalue weighted by Gasteiger charge is -2.17. The van der Waals surface area contributed by atoms with Gasteiger partial charge < -0.3 is 5.32 Å². The van der Waals surface area contributed by atoms with Gasteiger partial charge in [-0.3, -0.25) is 14.2 Å². The number of carbonyl (C=O) groups excluding carboxylic acids is 1. The Morgan fingerprint density at radius 3 is 2.93 bits per heavy atom. The molecule has 7 heteroatoms. The fourth-order valence-electron chi connectivity index (χ4n) is 3.69. The summed E-state index contributed by atoms with van der Waals surface area (Å²) in [5.41, 5.74) is 2.14. The number of fused-ring (bicyclic) bond motifs is 3. The van der Waals surface area contributed by atoms with Crippen molar-refractivity contribution in [2.75, 3.05) is 6.54 Å². The Labute approximate surface area is 172 Å². The molecule has 2 aromatic heterocycles. The van der Waals surface area contributed by atoms with E-state index in [0.717, 1.165) is 35.2 Å². The molecule has 1 amide bonds. The second kappa shape index (κ2) is 8.05. The monoisotopic (exact) mass is 415 g/mol. The number of hydrogen-bond donors (Lipinski definition) is 1. The molecule has 3 aromatic rings. The zero-order valence-corrected chi connectivity index (χ0v) is 17.3. The van der Waals surface area contributed by atoms with Gasteiger partial charge in [0.05, 0.1) is 11.7 Å². The van der Waals surface area contributed by atoms with E-state index < -0.39 is 0 Å². The molecular weight excluding hydrogens is 394 g/mol. The standard InChI is InChI=1S/C21H22ClN3O2S/c1-13-2-7-16-17(10-13)28-20-19(16)21(27)25(12-24-20)11-18(26)23-9-8-14-3-5-15(22)6-4-14/h3-6,12-13H,2,7-11H2,1H3,(H,23,26)/t13-/m1/s1. The van der Waals surface area contributed by atoms with Crippen molar-refractivity contribution in [2.45, 2.75) is 39.2 Å². The molecule has 1 aliphatic carbocycles. The molecular formula is C21H22ClN3O2S. The van der Waals surface area contributed by atoms with Crippen molar-refractivity contribution >= 4 is 39.1 Å². The summed E-state index contributed by atoms with van der Waals surface area (Å²) in [6, 6.07) is 7.55. The van der Waals surface area contributed by atoms with Gasteiger partial charge in [-0.1, -0.05) is 30.7 Å². The molecule has 146 valence electrons. The summed E-state index contributed by atoms with van der Waals surface area (Å²) in [5.74, 6) is 0.462. The van der Waals surface area contributed by atoms with Gasteiger partial charge in [-0.05, 0) is 54.9 Å². The Balaban J connectivity index is 1.44. The van der Waals surface area contributed by atoms with Gasteiger partial charge >= 0.3 is 0 Å². The third kappa shape index (κ3) is 3.98. The summed E-state index contributed by atoms with van der Waals surface area (Å²) >= 11 is 7.50. The summed E-state index contributed by atoms with van der Waals surface area (Å²) in [4.78, 5) is 31.8. The van der Waals surface area contributed by atoms with Crippen LogP contribution in [0, 0.1) is 5.92 Å². The fraction of sp³-hybridized carbons (Fsp3) is 0.381. The van der Waals surface area contributed by atoms with Crippen molar-refractivity contribution in [3.63, 3.8) is 0 Å². The van der Waals surface area contributed by atoms with E-state index in [1.54, 1.807) is 11.3 Å². The lowest BCUT2D eigenvalue weighted by atomic mass is 9.89. The van der Waals surface area contributed by atoms with Crippen LogP contribution in [0.15, 0.2) is 35.4 Å². The van der Waals surface area contributed by atoms with Crippen molar-refractivity contribution in [3.8, 4) is 0 Å². The minimum atomic E-state index is -0.185. The molecule has 1 atom stereocenters.